The fraction of sp³-hybridized carbons (Fsp3) is 0.464. The van der Waals surface area contributed by atoms with Gasteiger partial charge in [-0.3, -0.25) is 0 Å². The smallest absolute Gasteiger partial charge is 0.330 e. The Bertz CT molecular complexity index is 1280. The summed E-state index contributed by atoms with van der Waals surface area (Å²) in [6, 6.07) is 8.05. The predicted octanol–water partition coefficient (Wildman–Crippen LogP) is -1.40. The Labute approximate surface area is 245 Å². The maximum Gasteiger partial charge on any atom is 0.330 e. The molecule has 0 aromatic heterocycles. The number of rotatable bonds is 11. The largest absolute Gasteiger partial charge is 0.504 e. The average Bonchev–Trinajstić information content (AvgIpc) is 3.27. The van der Waals surface area contributed by atoms with Crippen LogP contribution in [0.1, 0.15) is 11.1 Å². The Kier molecular flexibility index (Phi) is 10.4. The van der Waals surface area contributed by atoms with E-state index in [4.69, 9.17) is 23.7 Å². The number of hydrogen-bond donors (Lipinski definition) is 9. The first-order chi connectivity index (χ1) is 20.4. The molecule has 8 atom stereocenters. The van der Waals surface area contributed by atoms with Crippen molar-refractivity contribution in [1.82, 2.24) is 0 Å². The van der Waals surface area contributed by atoms with E-state index in [0.29, 0.717) is 11.1 Å². The van der Waals surface area contributed by atoms with Gasteiger partial charge in [-0.25, -0.2) is 4.79 Å². The summed E-state index contributed by atoms with van der Waals surface area (Å²) in [7, 11) is 0. The summed E-state index contributed by atoms with van der Waals surface area (Å²) in [5.74, 6) is -2.22. The van der Waals surface area contributed by atoms with Crippen LogP contribution in [0.3, 0.4) is 0 Å². The summed E-state index contributed by atoms with van der Waals surface area (Å²) in [4.78, 5) is 12.3. The molecule has 0 bridgehead atoms. The Morgan fingerprint density at radius 1 is 0.953 bits per heavy atom. The third-order valence-corrected chi connectivity index (χ3v) is 7.03. The van der Waals surface area contributed by atoms with Gasteiger partial charge in [0, 0.05) is 6.08 Å². The van der Waals surface area contributed by atoms with Crippen molar-refractivity contribution in [1.29, 1.82) is 0 Å². The van der Waals surface area contributed by atoms with Crippen LogP contribution in [0.15, 0.2) is 42.5 Å². The second-order valence-corrected chi connectivity index (χ2v) is 10.2. The number of aliphatic hydroxyl groups excluding tert-OH is 4. The molecular formula is C28H34O15. The zero-order valence-electron chi connectivity index (χ0n) is 22.7. The van der Waals surface area contributed by atoms with Gasteiger partial charge in [0.25, 0.3) is 0 Å². The minimum absolute atomic E-state index is 0.0731. The van der Waals surface area contributed by atoms with Crippen molar-refractivity contribution in [2.45, 2.75) is 55.1 Å². The van der Waals surface area contributed by atoms with Gasteiger partial charge in [-0.05, 0) is 47.9 Å². The number of aliphatic hydroxyl groups is 5. The minimum atomic E-state index is -2.03. The number of carbonyl (C=O) groups is 1. The highest BCUT2D eigenvalue weighted by Crippen LogP contribution is 2.32. The second kappa shape index (κ2) is 13.9. The first kappa shape index (κ1) is 32.4. The molecule has 0 radical (unpaired) electrons. The van der Waals surface area contributed by atoms with Gasteiger partial charge in [0.15, 0.2) is 35.6 Å². The molecule has 2 aromatic rings. The quantitative estimate of drug-likeness (QED) is 0.0806. The van der Waals surface area contributed by atoms with E-state index in [0.717, 1.165) is 6.08 Å². The highest BCUT2D eigenvalue weighted by atomic mass is 16.7. The molecule has 0 amide bonds. The van der Waals surface area contributed by atoms with Gasteiger partial charge in [0.1, 0.15) is 42.7 Å². The molecule has 0 unspecified atom stereocenters. The Balaban J connectivity index is 1.43. The molecule has 9 N–H and O–H groups in total. The standard InChI is InChI=1S/C28H34O15/c29-12-28(38)13-41-27(25(28)37)43-24-22(35)20(11-40-21(34)6-3-14-1-4-16(30)18(32)9-14)42-26(23(24)36)39-8-7-15-2-5-17(31)19(33)10-15/h1-6,9-10,20,22-27,29-33,35-38H,7-8,11-13H2/t20-,22+,23-,24+,25+,26+,27+,28-/m0/s1. The Morgan fingerprint density at radius 2 is 1.65 bits per heavy atom. The lowest BCUT2D eigenvalue weighted by Crippen LogP contribution is -2.62. The summed E-state index contributed by atoms with van der Waals surface area (Å²) in [5.41, 5.74) is -1.07. The van der Waals surface area contributed by atoms with Crippen molar-refractivity contribution in [2.75, 3.05) is 26.4 Å². The van der Waals surface area contributed by atoms with Gasteiger partial charge in [-0.1, -0.05) is 12.1 Å². The number of aromatic hydroxyl groups is 4. The summed E-state index contributed by atoms with van der Waals surface area (Å²) in [6.45, 7) is -1.95. The number of hydrogen-bond acceptors (Lipinski definition) is 15. The van der Waals surface area contributed by atoms with Crippen molar-refractivity contribution >= 4 is 12.0 Å². The molecule has 15 nitrogen and oxygen atoms in total. The molecule has 15 heteroatoms. The van der Waals surface area contributed by atoms with Gasteiger partial charge in [-0.2, -0.15) is 0 Å². The molecule has 236 valence electrons. The first-order valence-corrected chi connectivity index (χ1v) is 13.2. The van der Waals surface area contributed by atoms with E-state index in [-0.39, 0.29) is 36.0 Å². The molecular weight excluding hydrogens is 576 g/mol. The van der Waals surface area contributed by atoms with Crippen LogP contribution >= 0.6 is 0 Å². The number of ether oxygens (including phenoxy) is 5. The van der Waals surface area contributed by atoms with Crippen LogP contribution in [-0.2, 0) is 34.9 Å². The van der Waals surface area contributed by atoms with Crippen LogP contribution in [0.2, 0.25) is 0 Å². The van der Waals surface area contributed by atoms with Gasteiger partial charge >= 0.3 is 5.97 Å². The molecule has 0 aliphatic carbocycles. The third kappa shape index (κ3) is 7.72. The molecule has 2 aromatic carbocycles. The number of esters is 1. The van der Waals surface area contributed by atoms with E-state index in [9.17, 15) is 50.8 Å². The van der Waals surface area contributed by atoms with Crippen molar-refractivity contribution in [3.63, 3.8) is 0 Å². The van der Waals surface area contributed by atoms with Gasteiger partial charge in [0.05, 0.1) is 19.8 Å². The third-order valence-electron chi connectivity index (χ3n) is 7.03. The van der Waals surface area contributed by atoms with Crippen molar-refractivity contribution in [2.24, 2.45) is 0 Å². The lowest BCUT2D eigenvalue weighted by Gasteiger charge is -2.43. The molecule has 2 saturated heterocycles. The van der Waals surface area contributed by atoms with Gasteiger partial charge < -0.3 is 69.6 Å². The molecule has 0 saturated carbocycles. The summed E-state index contributed by atoms with van der Waals surface area (Å²) < 4.78 is 27.4. The summed E-state index contributed by atoms with van der Waals surface area (Å²) in [5, 5.41) is 90.1. The number of phenols is 4. The van der Waals surface area contributed by atoms with E-state index in [1.54, 1.807) is 6.07 Å². The van der Waals surface area contributed by atoms with Gasteiger partial charge in [0.2, 0.25) is 0 Å². The number of benzene rings is 2. The van der Waals surface area contributed by atoms with Crippen LogP contribution in [-0.4, -0.2) is 127 Å². The maximum atomic E-state index is 12.3. The SMILES string of the molecule is O=C(C=Cc1ccc(O)c(O)c1)OC[C@@H]1O[C@@H](OCCc2ccc(O)c(O)c2)[C@@H](O)[C@H](O[C@H]2OC[C@@](O)(CO)[C@@H]2O)[C@@H]1O. The molecule has 43 heavy (non-hydrogen) atoms. The Hall–Kier alpha value is -3.51. The zero-order chi connectivity index (χ0) is 31.3. The van der Waals surface area contributed by atoms with Crippen molar-refractivity contribution in [3.05, 3.63) is 53.6 Å². The lowest BCUT2D eigenvalue weighted by molar-refractivity contribution is -0.329. The zero-order valence-corrected chi connectivity index (χ0v) is 22.7. The normalized spacial score (nSPS) is 31.0. The highest BCUT2D eigenvalue weighted by Gasteiger charge is 2.53. The fourth-order valence-corrected chi connectivity index (χ4v) is 4.44. The number of phenolic OH excluding ortho intramolecular Hbond substituents is 4. The van der Waals surface area contributed by atoms with Crippen LogP contribution < -0.4 is 0 Å². The second-order valence-electron chi connectivity index (χ2n) is 10.2. The van der Waals surface area contributed by atoms with E-state index in [2.05, 4.69) is 0 Å². The number of carbonyl (C=O) groups excluding carboxylic acids is 1. The van der Waals surface area contributed by atoms with E-state index in [1.165, 1.54) is 36.4 Å². The van der Waals surface area contributed by atoms with Crippen molar-refractivity contribution < 1.29 is 74.4 Å². The van der Waals surface area contributed by atoms with Gasteiger partial charge in [-0.15, -0.1) is 0 Å². The van der Waals surface area contributed by atoms with Crippen LogP contribution in [0.25, 0.3) is 6.08 Å². The van der Waals surface area contributed by atoms with Crippen LogP contribution in [0, 0.1) is 0 Å². The molecule has 4 rings (SSSR count). The first-order valence-electron chi connectivity index (χ1n) is 13.2. The molecule has 2 heterocycles. The summed E-state index contributed by atoms with van der Waals surface area (Å²) >= 11 is 0. The maximum absolute atomic E-state index is 12.3. The van der Waals surface area contributed by atoms with Crippen LogP contribution in [0.5, 0.6) is 23.0 Å². The fourth-order valence-electron chi connectivity index (χ4n) is 4.44. The molecule has 0 spiro atoms. The average molecular weight is 611 g/mol. The monoisotopic (exact) mass is 610 g/mol. The topological polar surface area (TPSA) is 245 Å². The molecule has 2 aliphatic heterocycles. The van der Waals surface area contributed by atoms with E-state index < -0.39 is 74.5 Å². The van der Waals surface area contributed by atoms with E-state index >= 15 is 0 Å². The Morgan fingerprint density at radius 3 is 2.30 bits per heavy atom. The van der Waals surface area contributed by atoms with Crippen molar-refractivity contribution in [3.8, 4) is 23.0 Å². The summed E-state index contributed by atoms with van der Waals surface area (Å²) in [6.07, 6.45) is -8.39. The predicted molar refractivity (Wildman–Crippen MR) is 143 cm³/mol. The lowest BCUT2D eigenvalue weighted by atomic mass is 9.98. The van der Waals surface area contributed by atoms with Crippen LogP contribution in [0.4, 0.5) is 0 Å². The molecule has 2 fully saturated rings. The highest BCUT2D eigenvalue weighted by molar-refractivity contribution is 5.87. The molecule has 2 aliphatic rings. The minimum Gasteiger partial charge on any atom is -0.504 e. The van der Waals surface area contributed by atoms with E-state index in [1.807, 2.05) is 0 Å².